The number of hydrogen-bond acceptors (Lipinski definition) is 3. The number of likely N-dealkylation sites (tertiary alicyclic amines) is 1. The molecule has 0 atom stereocenters. The van der Waals surface area contributed by atoms with Gasteiger partial charge in [0.15, 0.2) is 0 Å². The molecule has 1 fully saturated rings. The molecule has 2 aromatic rings. The molecule has 0 spiro atoms. The number of rotatable bonds is 5. The molecule has 5 heteroatoms. The molecule has 1 aromatic heterocycles. The number of nitrogens with zero attached hydrogens (tertiary/aromatic N) is 3. The number of aromatic nitrogens is 1. The van der Waals surface area contributed by atoms with Crippen LogP contribution >= 0.6 is 0 Å². The lowest BCUT2D eigenvalue weighted by atomic mass is 10.1. The van der Waals surface area contributed by atoms with Crippen molar-refractivity contribution in [1.82, 2.24) is 14.9 Å². The second-order valence-electron chi connectivity index (χ2n) is 7.56. The fourth-order valence-corrected chi connectivity index (χ4v) is 3.71. The fourth-order valence-electron chi connectivity index (χ4n) is 3.71. The summed E-state index contributed by atoms with van der Waals surface area (Å²) in [6.07, 6.45) is 5.38. The first kappa shape index (κ1) is 19.4. The summed E-state index contributed by atoms with van der Waals surface area (Å²) < 4.78 is 2.23. The quantitative estimate of drug-likeness (QED) is 0.649. The summed E-state index contributed by atoms with van der Waals surface area (Å²) in [5, 5.41) is 4.18. The van der Waals surface area contributed by atoms with Gasteiger partial charge in [0.05, 0.1) is 12.8 Å². The largest absolute Gasteiger partial charge is 0.318 e. The molecule has 144 valence electrons. The summed E-state index contributed by atoms with van der Waals surface area (Å²) in [6, 6.07) is 8.60. The van der Waals surface area contributed by atoms with E-state index in [1.165, 1.54) is 30.4 Å². The van der Waals surface area contributed by atoms with Gasteiger partial charge >= 0.3 is 0 Å². The van der Waals surface area contributed by atoms with Gasteiger partial charge in [0, 0.05) is 22.6 Å². The van der Waals surface area contributed by atoms with E-state index in [1.54, 1.807) is 6.21 Å². The molecular formula is C22H30N4O. The molecule has 1 aliphatic rings. The molecule has 1 aliphatic heterocycles. The molecule has 2 heterocycles. The highest BCUT2D eigenvalue weighted by molar-refractivity contribution is 5.84. The predicted octanol–water partition coefficient (Wildman–Crippen LogP) is 3.65. The smallest absolute Gasteiger partial charge is 0.254 e. The summed E-state index contributed by atoms with van der Waals surface area (Å²) >= 11 is 0. The molecule has 5 nitrogen and oxygen atoms in total. The average molecular weight is 367 g/mol. The maximum Gasteiger partial charge on any atom is 0.254 e. The lowest BCUT2D eigenvalue weighted by molar-refractivity contribution is -0.122. The lowest BCUT2D eigenvalue weighted by Crippen LogP contribution is -2.38. The molecule has 0 unspecified atom stereocenters. The van der Waals surface area contributed by atoms with E-state index in [-0.39, 0.29) is 5.91 Å². The van der Waals surface area contributed by atoms with Crippen molar-refractivity contribution in [2.45, 2.75) is 47.0 Å². The first-order valence-electron chi connectivity index (χ1n) is 9.76. The zero-order valence-corrected chi connectivity index (χ0v) is 16.9. The van der Waals surface area contributed by atoms with Gasteiger partial charge in [-0.1, -0.05) is 12.5 Å². The molecule has 27 heavy (non-hydrogen) atoms. The Balaban J connectivity index is 1.67. The van der Waals surface area contributed by atoms with E-state index in [0.29, 0.717) is 6.54 Å². The van der Waals surface area contributed by atoms with Crippen molar-refractivity contribution in [3.05, 3.63) is 52.3 Å². The summed E-state index contributed by atoms with van der Waals surface area (Å²) in [7, 11) is 0. The maximum absolute atomic E-state index is 12.1. The Bertz CT molecular complexity index is 844. The zero-order valence-electron chi connectivity index (χ0n) is 16.9. The van der Waals surface area contributed by atoms with Crippen LogP contribution in [0.2, 0.25) is 0 Å². The van der Waals surface area contributed by atoms with Crippen molar-refractivity contribution in [1.29, 1.82) is 0 Å². The van der Waals surface area contributed by atoms with Gasteiger partial charge in [-0.25, -0.2) is 5.43 Å². The Kier molecular flexibility index (Phi) is 6.11. The van der Waals surface area contributed by atoms with Gasteiger partial charge in [-0.2, -0.15) is 5.10 Å². The standard InChI is InChI=1S/C22H30N4O/c1-16-8-9-21(12-17(16)2)26-18(3)13-20(19(26)4)14-23-24-22(27)15-25-10-6-5-7-11-25/h8-9,12-14H,5-7,10-11,15H2,1-4H3,(H,24,27)/b23-14-. The van der Waals surface area contributed by atoms with Crippen molar-refractivity contribution < 1.29 is 4.79 Å². The van der Waals surface area contributed by atoms with Crippen LogP contribution in [0.15, 0.2) is 29.4 Å². The van der Waals surface area contributed by atoms with Crippen LogP contribution in [-0.2, 0) is 4.79 Å². The van der Waals surface area contributed by atoms with Crippen molar-refractivity contribution >= 4 is 12.1 Å². The molecule has 3 rings (SSSR count). The molecule has 0 aliphatic carbocycles. The number of hydrazone groups is 1. The van der Waals surface area contributed by atoms with Crippen LogP contribution in [0.1, 0.15) is 47.3 Å². The molecule has 1 amide bonds. The topological polar surface area (TPSA) is 49.6 Å². The summed E-state index contributed by atoms with van der Waals surface area (Å²) in [6.45, 7) is 10.9. The van der Waals surface area contributed by atoms with Crippen LogP contribution in [0.25, 0.3) is 5.69 Å². The van der Waals surface area contributed by atoms with Gasteiger partial charge in [-0.15, -0.1) is 0 Å². The molecule has 1 N–H and O–H groups in total. The van der Waals surface area contributed by atoms with E-state index in [9.17, 15) is 4.79 Å². The van der Waals surface area contributed by atoms with Crippen LogP contribution < -0.4 is 5.43 Å². The third-order valence-electron chi connectivity index (χ3n) is 5.43. The Morgan fingerprint density at radius 2 is 1.81 bits per heavy atom. The number of amides is 1. The highest BCUT2D eigenvalue weighted by atomic mass is 16.2. The Morgan fingerprint density at radius 1 is 1.07 bits per heavy atom. The van der Waals surface area contributed by atoms with Crippen LogP contribution in [0.5, 0.6) is 0 Å². The molecule has 0 bridgehead atoms. The Labute approximate surface area is 162 Å². The molecular weight excluding hydrogens is 336 g/mol. The maximum atomic E-state index is 12.1. The van der Waals surface area contributed by atoms with E-state index >= 15 is 0 Å². The number of carbonyl (C=O) groups excluding carboxylic acids is 1. The Hall–Kier alpha value is -2.40. The van der Waals surface area contributed by atoms with E-state index < -0.39 is 0 Å². The van der Waals surface area contributed by atoms with E-state index in [4.69, 9.17) is 0 Å². The summed E-state index contributed by atoms with van der Waals surface area (Å²) in [5.41, 5.74) is 9.68. The van der Waals surface area contributed by atoms with Crippen molar-refractivity contribution in [3.8, 4) is 5.69 Å². The van der Waals surface area contributed by atoms with Gasteiger partial charge < -0.3 is 4.57 Å². The fraction of sp³-hybridized carbons (Fsp3) is 0.455. The molecule has 1 saturated heterocycles. The number of aryl methyl sites for hydroxylation is 3. The normalized spacial score (nSPS) is 15.4. The van der Waals surface area contributed by atoms with E-state index in [2.05, 4.69) is 72.0 Å². The summed E-state index contributed by atoms with van der Waals surface area (Å²) in [5.74, 6) is -0.0453. The SMILES string of the molecule is Cc1ccc(-n2c(C)cc(/C=N\NC(=O)CN3CCCCC3)c2C)cc1C. The van der Waals surface area contributed by atoms with Crippen LogP contribution in [0, 0.1) is 27.7 Å². The zero-order chi connectivity index (χ0) is 19.4. The first-order chi connectivity index (χ1) is 13.0. The van der Waals surface area contributed by atoms with Gasteiger partial charge in [0.2, 0.25) is 0 Å². The number of nitrogens with one attached hydrogen (secondary N) is 1. The minimum Gasteiger partial charge on any atom is -0.318 e. The summed E-state index contributed by atoms with van der Waals surface area (Å²) in [4.78, 5) is 14.3. The minimum absolute atomic E-state index is 0.0453. The number of hydrogen-bond donors (Lipinski definition) is 1. The number of carbonyl (C=O) groups is 1. The molecule has 0 radical (unpaired) electrons. The van der Waals surface area contributed by atoms with Gasteiger partial charge in [-0.05, 0) is 83.0 Å². The monoisotopic (exact) mass is 366 g/mol. The Morgan fingerprint density at radius 3 is 2.52 bits per heavy atom. The van der Waals surface area contributed by atoms with Crippen molar-refractivity contribution in [3.63, 3.8) is 0 Å². The van der Waals surface area contributed by atoms with Crippen LogP contribution in [-0.4, -0.2) is 41.2 Å². The second-order valence-corrected chi connectivity index (χ2v) is 7.56. The van der Waals surface area contributed by atoms with E-state index in [1.807, 2.05) is 0 Å². The predicted molar refractivity (Wildman–Crippen MR) is 111 cm³/mol. The van der Waals surface area contributed by atoms with Crippen molar-refractivity contribution in [2.75, 3.05) is 19.6 Å². The van der Waals surface area contributed by atoms with Gasteiger partial charge in [0.1, 0.15) is 0 Å². The van der Waals surface area contributed by atoms with E-state index in [0.717, 1.165) is 35.7 Å². The highest BCUT2D eigenvalue weighted by Gasteiger charge is 2.13. The minimum atomic E-state index is -0.0453. The lowest BCUT2D eigenvalue weighted by Gasteiger charge is -2.25. The highest BCUT2D eigenvalue weighted by Crippen LogP contribution is 2.21. The third kappa shape index (κ3) is 4.66. The molecule has 0 saturated carbocycles. The number of piperidine rings is 1. The second kappa shape index (κ2) is 8.53. The number of benzene rings is 1. The van der Waals surface area contributed by atoms with Gasteiger partial charge in [0.25, 0.3) is 5.91 Å². The average Bonchev–Trinajstić information content (AvgIpc) is 2.92. The van der Waals surface area contributed by atoms with Crippen molar-refractivity contribution in [2.24, 2.45) is 5.10 Å². The third-order valence-corrected chi connectivity index (χ3v) is 5.43. The first-order valence-corrected chi connectivity index (χ1v) is 9.76. The molecule has 1 aromatic carbocycles. The van der Waals surface area contributed by atoms with Gasteiger partial charge in [-0.3, -0.25) is 9.69 Å². The van der Waals surface area contributed by atoms with Crippen LogP contribution in [0.4, 0.5) is 0 Å². The van der Waals surface area contributed by atoms with Crippen LogP contribution in [0.3, 0.4) is 0 Å².